The molecule has 1 aliphatic rings. The summed E-state index contributed by atoms with van der Waals surface area (Å²) >= 11 is 0.709. The number of nitro benzene ring substituents is 1. The van der Waals surface area contributed by atoms with Crippen LogP contribution in [0.25, 0.3) is 6.08 Å². The number of non-ortho nitro benzene ring substituents is 1. The second kappa shape index (κ2) is 7.50. The topological polar surface area (TPSA) is 110 Å². The standard InChI is InChI=1S/C18H14N2O6S/c1-26-14-9-13(20(24)25)7-12(16(14)21)8-15-17(22)19(18(23)27-15)10-11-5-3-2-4-6-11/h2-9,21H,10H2,1H3/b15-8-. The molecule has 1 heterocycles. The molecule has 1 fully saturated rings. The molecule has 9 heteroatoms. The number of benzene rings is 2. The van der Waals surface area contributed by atoms with E-state index in [0.29, 0.717) is 11.8 Å². The summed E-state index contributed by atoms with van der Waals surface area (Å²) in [4.78, 5) is 36.3. The second-order valence-corrected chi connectivity index (χ2v) is 6.59. The van der Waals surface area contributed by atoms with Gasteiger partial charge in [-0.2, -0.15) is 0 Å². The minimum Gasteiger partial charge on any atom is -0.504 e. The predicted octanol–water partition coefficient (Wildman–Crippen LogP) is 3.55. The minimum atomic E-state index is -0.638. The van der Waals surface area contributed by atoms with Crippen molar-refractivity contribution < 1.29 is 24.4 Å². The Balaban J connectivity index is 1.94. The first-order chi connectivity index (χ1) is 12.9. The van der Waals surface area contributed by atoms with Gasteiger partial charge in [-0.05, 0) is 23.4 Å². The molecular weight excluding hydrogens is 372 g/mol. The van der Waals surface area contributed by atoms with E-state index < -0.39 is 16.1 Å². The highest BCUT2D eigenvalue weighted by Crippen LogP contribution is 2.39. The quantitative estimate of drug-likeness (QED) is 0.475. The maximum absolute atomic E-state index is 12.6. The van der Waals surface area contributed by atoms with Gasteiger partial charge in [-0.25, -0.2) is 0 Å². The normalized spacial score (nSPS) is 15.4. The fourth-order valence-electron chi connectivity index (χ4n) is 2.53. The van der Waals surface area contributed by atoms with Crippen molar-refractivity contribution in [1.82, 2.24) is 4.90 Å². The van der Waals surface area contributed by atoms with Crippen molar-refractivity contribution in [3.8, 4) is 11.5 Å². The lowest BCUT2D eigenvalue weighted by molar-refractivity contribution is -0.385. The van der Waals surface area contributed by atoms with Gasteiger partial charge < -0.3 is 9.84 Å². The molecule has 138 valence electrons. The number of thioether (sulfide) groups is 1. The summed E-state index contributed by atoms with van der Waals surface area (Å²) in [7, 11) is 1.26. The molecule has 0 aliphatic carbocycles. The smallest absolute Gasteiger partial charge is 0.293 e. The fraction of sp³-hybridized carbons (Fsp3) is 0.111. The largest absolute Gasteiger partial charge is 0.504 e. The molecular formula is C18H14N2O6S. The van der Waals surface area contributed by atoms with Crippen LogP contribution < -0.4 is 4.74 Å². The number of hydrogen-bond donors (Lipinski definition) is 1. The number of nitrogens with zero attached hydrogens (tertiary/aromatic N) is 2. The summed E-state index contributed by atoms with van der Waals surface area (Å²) < 4.78 is 4.94. The number of carbonyl (C=O) groups is 2. The molecule has 0 saturated carbocycles. The van der Waals surface area contributed by atoms with E-state index in [1.165, 1.54) is 13.2 Å². The van der Waals surface area contributed by atoms with E-state index in [-0.39, 0.29) is 34.2 Å². The third kappa shape index (κ3) is 3.77. The van der Waals surface area contributed by atoms with Crippen molar-refractivity contribution in [3.63, 3.8) is 0 Å². The number of hydrogen-bond acceptors (Lipinski definition) is 7. The molecule has 0 bridgehead atoms. The zero-order chi connectivity index (χ0) is 19.6. The summed E-state index contributed by atoms with van der Waals surface area (Å²) in [5.41, 5.74) is 0.506. The van der Waals surface area contributed by atoms with Crippen molar-refractivity contribution in [2.24, 2.45) is 0 Å². The van der Waals surface area contributed by atoms with Gasteiger partial charge >= 0.3 is 0 Å². The van der Waals surface area contributed by atoms with Crippen molar-refractivity contribution in [3.05, 3.63) is 68.6 Å². The Morgan fingerprint density at radius 2 is 1.96 bits per heavy atom. The van der Waals surface area contributed by atoms with E-state index in [9.17, 15) is 24.8 Å². The molecule has 2 aromatic rings. The molecule has 0 spiro atoms. The van der Waals surface area contributed by atoms with Crippen LogP contribution in [-0.2, 0) is 11.3 Å². The first kappa shape index (κ1) is 18.5. The van der Waals surface area contributed by atoms with Gasteiger partial charge in [0.15, 0.2) is 11.5 Å². The maximum Gasteiger partial charge on any atom is 0.293 e. The number of imide groups is 1. The fourth-order valence-corrected chi connectivity index (χ4v) is 3.36. The van der Waals surface area contributed by atoms with Gasteiger partial charge in [0.1, 0.15) is 0 Å². The predicted molar refractivity (Wildman–Crippen MR) is 99.3 cm³/mol. The third-order valence-electron chi connectivity index (χ3n) is 3.86. The number of phenols is 1. The van der Waals surface area contributed by atoms with Gasteiger partial charge in [-0.3, -0.25) is 24.6 Å². The van der Waals surface area contributed by atoms with Crippen LogP contribution in [0.15, 0.2) is 47.4 Å². The van der Waals surface area contributed by atoms with E-state index in [1.807, 2.05) is 6.07 Å². The molecule has 2 amide bonds. The molecule has 27 heavy (non-hydrogen) atoms. The van der Waals surface area contributed by atoms with E-state index in [1.54, 1.807) is 24.3 Å². The molecule has 0 unspecified atom stereocenters. The number of phenolic OH excluding ortho intramolecular Hbond substituents is 1. The number of aromatic hydroxyl groups is 1. The van der Waals surface area contributed by atoms with Gasteiger partial charge in [-0.15, -0.1) is 0 Å². The average Bonchev–Trinajstić information content (AvgIpc) is 2.91. The van der Waals surface area contributed by atoms with Gasteiger partial charge in [0.05, 0.1) is 29.5 Å². The van der Waals surface area contributed by atoms with E-state index >= 15 is 0 Å². The Hall–Kier alpha value is -3.33. The van der Waals surface area contributed by atoms with E-state index in [4.69, 9.17) is 4.74 Å². The van der Waals surface area contributed by atoms with Gasteiger partial charge in [0, 0.05) is 11.6 Å². The molecule has 3 rings (SSSR count). The summed E-state index contributed by atoms with van der Waals surface area (Å²) in [5.74, 6) is -0.976. The second-order valence-electron chi connectivity index (χ2n) is 5.60. The highest BCUT2D eigenvalue weighted by molar-refractivity contribution is 8.18. The Morgan fingerprint density at radius 1 is 1.26 bits per heavy atom. The Bertz CT molecular complexity index is 958. The number of methoxy groups -OCH3 is 1. The minimum absolute atomic E-state index is 0.0197. The highest BCUT2D eigenvalue weighted by Gasteiger charge is 2.35. The zero-order valence-electron chi connectivity index (χ0n) is 14.1. The van der Waals surface area contributed by atoms with Crippen LogP contribution in [0.1, 0.15) is 11.1 Å². The van der Waals surface area contributed by atoms with Crippen LogP contribution in [0.2, 0.25) is 0 Å². The monoisotopic (exact) mass is 386 g/mol. The Kier molecular flexibility index (Phi) is 5.13. The lowest BCUT2D eigenvalue weighted by Gasteiger charge is -2.12. The zero-order valence-corrected chi connectivity index (χ0v) is 14.9. The SMILES string of the molecule is COc1cc([N+](=O)[O-])cc(/C=C2\SC(=O)N(Cc3ccccc3)C2=O)c1O. The highest BCUT2D eigenvalue weighted by atomic mass is 32.2. The molecule has 2 aromatic carbocycles. The number of rotatable bonds is 5. The molecule has 1 saturated heterocycles. The summed E-state index contributed by atoms with van der Waals surface area (Å²) in [6.45, 7) is 0.118. The first-order valence-electron chi connectivity index (χ1n) is 7.75. The molecule has 0 radical (unpaired) electrons. The van der Waals surface area contributed by atoms with E-state index in [0.717, 1.165) is 22.6 Å². The lowest BCUT2D eigenvalue weighted by atomic mass is 10.1. The third-order valence-corrected chi connectivity index (χ3v) is 4.77. The molecule has 1 N–H and O–H groups in total. The van der Waals surface area contributed by atoms with Crippen LogP contribution in [0.3, 0.4) is 0 Å². The van der Waals surface area contributed by atoms with Crippen molar-refractivity contribution in [2.75, 3.05) is 7.11 Å². The summed E-state index contributed by atoms with van der Waals surface area (Å²) in [5, 5.41) is 20.8. The number of ether oxygens (including phenoxy) is 1. The average molecular weight is 386 g/mol. The summed E-state index contributed by atoms with van der Waals surface area (Å²) in [6, 6.07) is 11.2. The first-order valence-corrected chi connectivity index (χ1v) is 8.57. The van der Waals surface area contributed by atoms with Crippen molar-refractivity contribution >= 4 is 34.7 Å². The Morgan fingerprint density at radius 3 is 2.59 bits per heavy atom. The number of nitro groups is 1. The van der Waals surface area contributed by atoms with Gasteiger partial charge in [0.25, 0.3) is 16.8 Å². The van der Waals surface area contributed by atoms with Crippen LogP contribution in [-0.4, -0.2) is 33.2 Å². The van der Waals surface area contributed by atoms with Gasteiger partial charge in [-0.1, -0.05) is 30.3 Å². The molecule has 1 aliphatic heterocycles. The van der Waals surface area contributed by atoms with Crippen LogP contribution in [0.5, 0.6) is 11.5 Å². The van der Waals surface area contributed by atoms with Crippen molar-refractivity contribution in [1.29, 1.82) is 0 Å². The number of carbonyl (C=O) groups excluding carboxylic acids is 2. The van der Waals surface area contributed by atoms with E-state index in [2.05, 4.69) is 0 Å². The van der Waals surface area contributed by atoms with Gasteiger partial charge in [0.2, 0.25) is 0 Å². The molecule has 0 atom stereocenters. The maximum atomic E-state index is 12.6. The molecule has 8 nitrogen and oxygen atoms in total. The molecule has 0 aromatic heterocycles. The Labute approximate surface area is 158 Å². The van der Waals surface area contributed by atoms with Crippen molar-refractivity contribution in [2.45, 2.75) is 6.54 Å². The van der Waals surface area contributed by atoms with Crippen LogP contribution in [0.4, 0.5) is 10.5 Å². The lowest BCUT2D eigenvalue weighted by Crippen LogP contribution is -2.27. The van der Waals surface area contributed by atoms with Crippen LogP contribution >= 0.6 is 11.8 Å². The number of amides is 2. The summed E-state index contributed by atoms with van der Waals surface area (Å²) in [6.07, 6.45) is 1.25. The van der Waals surface area contributed by atoms with Crippen LogP contribution in [0, 0.1) is 10.1 Å².